The standard InChI is InChI=1S/C20H22B3ClN6O3/c21-20(22,23)29-10-26-17-16(29)18(31)28(9-25-17)8-11-1-3-12(4-2-11)13-5-14(6-13)30-19(32)33-15(7-24)27-30/h1-4,9-10,13-14H,5-8,21-23H2. The van der Waals surface area contributed by atoms with Crippen LogP contribution >= 0.6 is 11.6 Å². The smallest absolute Gasteiger partial charge is 0.391 e. The molecule has 5 rings (SSSR count). The highest BCUT2D eigenvalue weighted by atomic mass is 35.5. The van der Waals surface area contributed by atoms with Gasteiger partial charge in [0.1, 0.15) is 35.7 Å². The molecule has 3 aromatic heterocycles. The van der Waals surface area contributed by atoms with Crippen molar-refractivity contribution in [2.24, 2.45) is 0 Å². The molecule has 1 aromatic carbocycles. The van der Waals surface area contributed by atoms with E-state index in [1.54, 1.807) is 17.2 Å². The Morgan fingerprint density at radius 2 is 1.79 bits per heavy atom. The fourth-order valence-electron chi connectivity index (χ4n) is 4.33. The molecule has 0 aliphatic heterocycles. The van der Waals surface area contributed by atoms with Crippen molar-refractivity contribution in [3.05, 3.63) is 74.8 Å². The van der Waals surface area contributed by atoms with Crippen LogP contribution in [0.3, 0.4) is 0 Å². The summed E-state index contributed by atoms with van der Waals surface area (Å²) in [6, 6.07) is 8.28. The molecule has 0 radical (unpaired) electrons. The molecule has 1 aliphatic rings. The Labute approximate surface area is 197 Å². The molecule has 1 fully saturated rings. The molecule has 0 unspecified atom stereocenters. The zero-order valence-electron chi connectivity index (χ0n) is 18.7. The lowest BCUT2D eigenvalue weighted by Gasteiger charge is -2.34. The monoisotopic (exact) mass is 462 g/mol. The first-order valence-corrected chi connectivity index (χ1v) is 11.4. The van der Waals surface area contributed by atoms with Gasteiger partial charge in [0.25, 0.3) is 5.56 Å². The van der Waals surface area contributed by atoms with E-state index in [0.717, 1.165) is 18.4 Å². The van der Waals surface area contributed by atoms with Crippen LogP contribution in [0.25, 0.3) is 11.2 Å². The minimum absolute atomic E-state index is 0.0342. The summed E-state index contributed by atoms with van der Waals surface area (Å²) < 4.78 is 9.91. The number of halogens is 1. The van der Waals surface area contributed by atoms with Crippen LogP contribution in [0, 0.1) is 0 Å². The molecular weight excluding hydrogens is 440 g/mol. The molecule has 0 amide bonds. The summed E-state index contributed by atoms with van der Waals surface area (Å²) in [7, 11) is 6.10. The number of rotatable bonds is 6. The van der Waals surface area contributed by atoms with Crippen molar-refractivity contribution >= 4 is 46.3 Å². The Hall–Kier alpha value is -3.01. The Morgan fingerprint density at radius 3 is 2.42 bits per heavy atom. The van der Waals surface area contributed by atoms with E-state index >= 15 is 0 Å². The molecule has 1 aliphatic carbocycles. The Morgan fingerprint density at radius 1 is 1.09 bits per heavy atom. The molecule has 13 heteroatoms. The molecule has 0 N–H and O–H groups in total. The van der Waals surface area contributed by atoms with E-state index < -0.39 is 5.76 Å². The van der Waals surface area contributed by atoms with Gasteiger partial charge in [-0.15, -0.1) is 16.7 Å². The molecule has 0 atom stereocenters. The van der Waals surface area contributed by atoms with Gasteiger partial charge in [0, 0.05) is 0 Å². The first kappa shape index (κ1) is 21.8. The van der Waals surface area contributed by atoms with Crippen LogP contribution in [0.1, 0.15) is 41.8 Å². The molecule has 1 saturated carbocycles. The van der Waals surface area contributed by atoms with Crippen molar-refractivity contribution in [3.8, 4) is 0 Å². The van der Waals surface area contributed by atoms with Gasteiger partial charge >= 0.3 is 5.76 Å². The lowest BCUT2D eigenvalue weighted by Crippen LogP contribution is -2.37. The van der Waals surface area contributed by atoms with E-state index in [1.807, 2.05) is 40.2 Å². The second kappa shape index (κ2) is 8.09. The Kier molecular flexibility index (Phi) is 5.35. The summed E-state index contributed by atoms with van der Waals surface area (Å²) >= 11 is 5.70. The summed E-state index contributed by atoms with van der Waals surface area (Å²) in [6.45, 7) is 0.431. The molecule has 4 aromatic rings. The van der Waals surface area contributed by atoms with E-state index in [4.69, 9.17) is 16.0 Å². The van der Waals surface area contributed by atoms with Crippen LogP contribution in [-0.2, 0) is 17.7 Å². The molecule has 0 spiro atoms. The van der Waals surface area contributed by atoms with Gasteiger partial charge in [0.05, 0.1) is 18.9 Å². The summed E-state index contributed by atoms with van der Waals surface area (Å²) in [4.78, 5) is 33.7. The van der Waals surface area contributed by atoms with Crippen LogP contribution < -0.4 is 11.3 Å². The predicted octanol–water partition coefficient (Wildman–Crippen LogP) is -0.884. The predicted molar refractivity (Wildman–Crippen MR) is 132 cm³/mol. The van der Waals surface area contributed by atoms with Crippen molar-refractivity contribution in [2.75, 3.05) is 0 Å². The maximum absolute atomic E-state index is 13.1. The second-order valence-corrected chi connectivity index (χ2v) is 9.81. The summed E-state index contributed by atoms with van der Waals surface area (Å²) in [6.07, 6.45) is 4.88. The van der Waals surface area contributed by atoms with E-state index in [9.17, 15) is 9.59 Å². The van der Waals surface area contributed by atoms with Gasteiger partial charge in [0.2, 0.25) is 5.89 Å². The van der Waals surface area contributed by atoms with Gasteiger partial charge in [-0.3, -0.25) is 9.36 Å². The highest BCUT2D eigenvalue weighted by Gasteiger charge is 2.34. The Bertz CT molecular complexity index is 1430. The largest absolute Gasteiger partial charge is 0.437 e. The first-order valence-electron chi connectivity index (χ1n) is 10.9. The molecule has 3 heterocycles. The first-order chi connectivity index (χ1) is 15.7. The third-order valence-electron chi connectivity index (χ3n) is 6.24. The molecule has 9 nitrogen and oxygen atoms in total. The van der Waals surface area contributed by atoms with Gasteiger partial charge in [-0.2, -0.15) is 4.68 Å². The zero-order chi connectivity index (χ0) is 23.3. The molecule has 0 saturated heterocycles. The average molecular weight is 462 g/mol. The topological polar surface area (TPSA) is 101 Å². The van der Waals surface area contributed by atoms with Crippen molar-refractivity contribution in [2.45, 2.75) is 42.5 Å². The van der Waals surface area contributed by atoms with Gasteiger partial charge in [-0.1, -0.05) is 24.3 Å². The van der Waals surface area contributed by atoms with E-state index in [2.05, 4.69) is 27.2 Å². The number of alkyl halides is 1. The van der Waals surface area contributed by atoms with Crippen LogP contribution in [0.4, 0.5) is 0 Å². The Balaban J connectivity index is 1.30. The third kappa shape index (κ3) is 3.97. The zero-order valence-corrected chi connectivity index (χ0v) is 19.5. The van der Waals surface area contributed by atoms with Crippen LogP contribution in [0.5, 0.6) is 0 Å². The third-order valence-corrected chi connectivity index (χ3v) is 6.47. The highest BCUT2D eigenvalue weighted by Crippen LogP contribution is 2.43. The molecule has 33 heavy (non-hydrogen) atoms. The molecule has 0 bridgehead atoms. The normalized spacial score (nSPS) is 18.5. The quantitative estimate of drug-likeness (QED) is 0.273. The number of aromatic nitrogens is 6. The van der Waals surface area contributed by atoms with E-state index in [1.165, 1.54) is 10.2 Å². The van der Waals surface area contributed by atoms with E-state index in [-0.39, 0.29) is 28.6 Å². The number of benzene rings is 1. The van der Waals surface area contributed by atoms with Crippen LogP contribution in [0.2, 0.25) is 0 Å². The van der Waals surface area contributed by atoms with Crippen molar-refractivity contribution in [1.82, 2.24) is 28.9 Å². The molecular formula is C20H22B3ClN6O3. The van der Waals surface area contributed by atoms with E-state index in [0.29, 0.717) is 23.6 Å². The minimum Gasteiger partial charge on any atom is -0.391 e. The SMILES string of the molecule is BC(B)(B)n1cnc2ncn(Cc3ccc(C4CC(n5nc(CCl)oc5=O)C4)cc3)c(=O)c21. The number of imidazole rings is 1. The summed E-state index contributed by atoms with van der Waals surface area (Å²) in [5.74, 6) is 0.245. The highest BCUT2D eigenvalue weighted by molar-refractivity contribution is 6.56. The van der Waals surface area contributed by atoms with Crippen LogP contribution in [-0.4, -0.2) is 52.4 Å². The number of hydrogen-bond acceptors (Lipinski definition) is 6. The summed E-state index contributed by atoms with van der Waals surface area (Å²) in [5.41, 5.74) is 3.09. The van der Waals surface area contributed by atoms with Crippen molar-refractivity contribution in [1.29, 1.82) is 0 Å². The maximum atomic E-state index is 13.1. The van der Waals surface area contributed by atoms with Gasteiger partial charge < -0.3 is 8.98 Å². The van der Waals surface area contributed by atoms with Gasteiger partial charge in [-0.25, -0.2) is 14.8 Å². The number of nitrogens with zero attached hydrogens (tertiary/aromatic N) is 6. The second-order valence-electron chi connectivity index (χ2n) is 9.54. The lowest BCUT2D eigenvalue weighted by molar-refractivity contribution is 0.233. The fourth-order valence-corrected chi connectivity index (χ4v) is 4.44. The van der Waals surface area contributed by atoms with Gasteiger partial charge in [0.15, 0.2) is 11.2 Å². The van der Waals surface area contributed by atoms with Gasteiger partial charge in [-0.05, 0) is 35.1 Å². The van der Waals surface area contributed by atoms with Crippen molar-refractivity contribution in [3.63, 3.8) is 0 Å². The lowest BCUT2D eigenvalue weighted by atomic mass is 9.49. The fraction of sp³-hybridized carbons (Fsp3) is 0.350. The minimum atomic E-state index is -0.451. The van der Waals surface area contributed by atoms with Crippen LogP contribution in [0.15, 0.2) is 50.9 Å². The summed E-state index contributed by atoms with van der Waals surface area (Å²) in [5, 5.41) is 3.88. The number of hydrogen-bond donors (Lipinski definition) is 0. The molecule has 166 valence electrons. The average Bonchev–Trinajstić information content (AvgIpc) is 3.34. The maximum Gasteiger partial charge on any atom is 0.437 e. The van der Waals surface area contributed by atoms with Crippen molar-refractivity contribution < 1.29 is 4.42 Å². The number of fused-ring (bicyclic) bond motifs is 1.